The number of carbonyl (C=O) groups is 1. The molecule has 3 rings (SSSR count). The Labute approximate surface area is 60.2 Å². The fourth-order valence-electron chi connectivity index (χ4n) is 1.70. The molecule has 1 unspecified atom stereocenters. The van der Waals surface area contributed by atoms with E-state index in [2.05, 4.69) is 10.6 Å². The van der Waals surface area contributed by atoms with Crippen LogP contribution in [0.15, 0.2) is 0 Å². The first-order chi connectivity index (χ1) is 4.86. The summed E-state index contributed by atoms with van der Waals surface area (Å²) in [6.45, 7) is 1.84. The van der Waals surface area contributed by atoms with Crippen molar-refractivity contribution in [2.75, 3.05) is 13.1 Å². The van der Waals surface area contributed by atoms with Gasteiger partial charge in [-0.05, 0) is 12.8 Å². The van der Waals surface area contributed by atoms with Crippen molar-refractivity contribution < 1.29 is 4.79 Å². The zero-order valence-corrected chi connectivity index (χ0v) is 5.89. The van der Waals surface area contributed by atoms with E-state index >= 15 is 0 Å². The molecule has 0 aromatic rings. The van der Waals surface area contributed by atoms with Gasteiger partial charge in [-0.25, -0.2) is 0 Å². The Morgan fingerprint density at radius 1 is 1.30 bits per heavy atom. The van der Waals surface area contributed by atoms with E-state index in [4.69, 9.17) is 0 Å². The van der Waals surface area contributed by atoms with E-state index in [1.54, 1.807) is 0 Å². The number of rotatable bonds is 0. The van der Waals surface area contributed by atoms with Gasteiger partial charge in [0.2, 0.25) is 5.91 Å². The van der Waals surface area contributed by atoms with Crippen molar-refractivity contribution in [1.82, 2.24) is 10.6 Å². The second kappa shape index (κ2) is 2.23. The molecule has 3 aliphatic heterocycles. The lowest BCUT2D eigenvalue weighted by Crippen LogP contribution is -2.43. The SMILES string of the molecule is O=C1NC2CC[C@@H]1CNC2. The molecule has 3 heteroatoms. The van der Waals surface area contributed by atoms with Gasteiger partial charge >= 0.3 is 0 Å². The molecular formula is C7H12N2O. The minimum absolute atomic E-state index is 0.249. The van der Waals surface area contributed by atoms with Crippen LogP contribution in [0.25, 0.3) is 0 Å². The molecule has 3 aliphatic rings. The van der Waals surface area contributed by atoms with E-state index in [-0.39, 0.29) is 11.8 Å². The van der Waals surface area contributed by atoms with Gasteiger partial charge in [0, 0.05) is 19.1 Å². The molecular weight excluding hydrogens is 128 g/mol. The minimum Gasteiger partial charge on any atom is -0.352 e. The average Bonchev–Trinajstić information content (AvgIpc) is 2.20. The Balaban J connectivity index is 2.15. The van der Waals surface area contributed by atoms with Crippen molar-refractivity contribution in [1.29, 1.82) is 0 Å². The van der Waals surface area contributed by atoms with E-state index in [0.29, 0.717) is 6.04 Å². The summed E-state index contributed by atoms with van der Waals surface area (Å²) >= 11 is 0. The van der Waals surface area contributed by atoms with E-state index in [1.807, 2.05) is 0 Å². The molecule has 0 radical (unpaired) electrons. The highest BCUT2D eigenvalue weighted by Crippen LogP contribution is 2.17. The predicted molar refractivity (Wildman–Crippen MR) is 37.5 cm³/mol. The standard InChI is InChI=1S/C7H12N2O/c10-7-5-1-2-6(9-7)4-8-3-5/h5-6,8H,1-4H2,(H,9,10)/t5-,6?/m1/s1. The van der Waals surface area contributed by atoms with Gasteiger partial charge < -0.3 is 10.6 Å². The molecule has 2 bridgehead atoms. The maximum atomic E-state index is 11.1. The summed E-state index contributed by atoms with van der Waals surface area (Å²) in [6.07, 6.45) is 2.23. The molecule has 0 aromatic heterocycles. The summed E-state index contributed by atoms with van der Waals surface area (Å²) < 4.78 is 0. The first-order valence-corrected chi connectivity index (χ1v) is 3.87. The minimum atomic E-state index is 0.249. The second-order valence-corrected chi connectivity index (χ2v) is 3.14. The lowest BCUT2D eigenvalue weighted by Gasteiger charge is -2.22. The van der Waals surface area contributed by atoms with Crippen molar-refractivity contribution in [2.45, 2.75) is 18.9 Å². The molecule has 3 saturated heterocycles. The number of hydrogen-bond acceptors (Lipinski definition) is 2. The summed E-state index contributed by atoms with van der Waals surface area (Å²) in [4.78, 5) is 11.1. The van der Waals surface area contributed by atoms with Crippen molar-refractivity contribution in [2.24, 2.45) is 5.92 Å². The van der Waals surface area contributed by atoms with E-state index < -0.39 is 0 Å². The molecule has 56 valence electrons. The fourth-order valence-corrected chi connectivity index (χ4v) is 1.70. The number of nitrogens with one attached hydrogen (secondary N) is 2. The maximum Gasteiger partial charge on any atom is 0.224 e. The van der Waals surface area contributed by atoms with Crippen LogP contribution in [0.1, 0.15) is 12.8 Å². The van der Waals surface area contributed by atoms with Crippen molar-refractivity contribution in [3.8, 4) is 0 Å². The maximum absolute atomic E-state index is 11.1. The Hall–Kier alpha value is -0.570. The molecule has 3 heterocycles. The Morgan fingerprint density at radius 2 is 2.20 bits per heavy atom. The third kappa shape index (κ3) is 0.904. The van der Waals surface area contributed by atoms with Gasteiger partial charge in [0.1, 0.15) is 0 Å². The third-order valence-electron chi connectivity index (χ3n) is 2.36. The lowest BCUT2D eigenvalue weighted by atomic mass is 9.96. The highest BCUT2D eigenvalue weighted by molar-refractivity contribution is 5.80. The zero-order valence-electron chi connectivity index (χ0n) is 5.89. The number of amides is 1. The van der Waals surface area contributed by atoms with E-state index in [9.17, 15) is 4.79 Å². The highest BCUT2D eigenvalue weighted by atomic mass is 16.2. The molecule has 1 amide bonds. The van der Waals surface area contributed by atoms with Gasteiger partial charge in [-0.2, -0.15) is 0 Å². The molecule has 0 aromatic carbocycles. The summed E-state index contributed by atoms with van der Waals surface area (Å²) in [6, 6.07) is 0.409. The lowest BCUT2D eigenvalue weighted by molar-refractivity contribution is -0.126. The van der Waals surface area contributed by atoms with E-state index in [0.717, 1.165) is 25.9 Å². The molecule has 0 aliphatic carbocycles. The van der Waals surface area contributed by atoms with E-state index in [1.165, 1.54) is 0 Å². The highest BCUT2D eigenvalue weighted by Gasteiger charge is 2.30. The first kappa shape index (κ1) is 6.16. The number of piperidine rings is 1. The molecule has 2 N–H and O–H groups in total. The van der Waals surface area contributed by atoms with Crippen LogP contribution < -0.4 is 10.6 Å². The van der Waals surface area contributed by atoms with Crippen LogP contribution >= 0.6 is 0 Å². The van der Waals surface area contributed by atoms with Crippen molar-refractivity contribution in [3.05, 3.63) is 0 Å². The largest absolute Gasteiger partial charge is 0.352 e. The number of hydrogen-bond donors (Lipinski definition) is 2. The van der Waals surface area contributed by atoms with Crippen LogP contribution in [0, 0.1) is 5.92 Å². The Morgan fingerprint density at radius 3 is 3.00 bits per heavy atom. The summed E-state index contributed by atoms with van der Waals surface area (Å²) in [5.41, 5.74) is 0. The van der Waals surface area contributed by atoms with Gasteiger partial charge in [0.15, 0.2) is 0 Å². The molecule has 3 nitrogen and oxygen atoms in total. The zero-order chi connectivity index (χ0) is 6.97. The molecule has 10 heavy (non-hydrogen) atoms. The van der Waals surface area contributed by atoms with Crippen LogP contribution in [-0.4, -0.2) is 25.0 Å². The first-order valence-electron chi connectivity index (χ1n) is 3.87. The number of carbonyl (C=O) groups excluding carboxylic acids is 1. The molecule has 0 spiro atoms. The van der Waals surface area contributed by atoms with Crippen LogP contribution in [0.3, 0.4) is 0 Å². The predicted octanol–water partition coefficient (Wildman–Crippen LogP) is -0.516. The van der Waals surface area contributed by atoms with Gasteiger partial charge in [0.25, 0.3) is 0 Å². The fraction of sp³-hybridized carbons (Fsp3) is 0.857. The summed E-state index contributed by atoms with van der Waals surface area (Å²) in [5.74, 6) is 0.500. The average molecular weight is 140 g/mol. The van der Waals surface area contributed by atoms with Crippen molar-refractivity contribution >= 4 is 5.91 Å². The smallest absolute Gasteiger partial charge is 0.224 e. The Bertz CT molecular complexity index is 154. The Kier molecular flexibility index (Phi) is 1.38. The van der Waals surface area contributed by atoms with Gasteiger partial charge in [-0.15, -0.1) is 0 Å². The summed E-state index contributed by atoms with van der Waals surface area (Å²) in [7, 11) is 0. The van der Waals surface area contributed by atoms with Gasteiger partial charge in [0.05, 0.1) is 5.92 Å². The molecule has 0 saturated carbocycles. The van der Waals surface area contributed by atoms with Crippen LogP contribution in [0.5, 0.6) is 0 Å². The quantitative estimate of drug-likeness (QED) is 0.475. The normalized spacial score (nSPS) is 39.0. The topological polar surface area (TPSA) is 41.1 Å². The van der Waals surface area contributed by atoms with Crippen molar-refractivity contribution in [3.63, 3.8) is 0 Å². The molecule has 3 fully saturated rings. The van der Waals surface area contributed by atoms with Crippen LogP contribution in [0.4, 0.5) is 0 Å². The summed E-state index contributed by atoms with van der Waals surface area (Å²) in [5, 5.41) is 6.23. The second-order valence-electron chi connectivity index (χ2n) is 3.14. The monoisotopic (exact) mass is 140 g/mol. The van der Waals surface area contributed by atoms with Gasteiger partial charge in [-0.1, -0.05) is 0 Å². The molecule has 2 atom stereocenters. The van der Waals surface area contributed by atoms with Crippen LogP contribution in [0.2, 0.25) is 0 Å². The third-order valence-corrected chi connectivity index (χ3v) is 2.36. The number of fused-ring (bicyclic) bond motifs is 4. The van der Waals surface area contributed by atoms with Gasteiger partial charge in [-0.3, -0.25) is 4.79 Å². The van der Waals surface area contributed by atoms with Crippen LogP contribution in [-0.2, 0) is 4.79 Å².